The number of hydrogen-bond donors (Lipinski definition) is 1. The van der Waals surface area contributed by atoms with Gasteiger partial charge in [0.1, 0.15) is 5.82 Å². The van der Waals surface area contributed by atoms with Crippen LogP contribution in [0.2, 0.25) is 0 Å². The highest BCUT2D eigenvalue weighted by atomic mass is 15.2. The van der Waals surface area contributed by atoms with Crippen LogP contribution in [-0.2, 0) is 5.41 Å². The summed E-state index contributed by atoms with van der Waals surface area (Å²) in [6.45, 7) is 12.0. The predicted molar refractivity (Wildman–Crippen MR) is 72.6 cm³/mol. The van der Waals surface area contributed by atoms with Gasteiger partial charge in [-0.05, 0) is 24.0 Å². The van der Waals surface area contributed by atoms with Gasteiger partial charge in [-0.3, -0.25) is 0 Å². The Morgan fingerprint density at radius 1 is 1.35 bits per heavy atom. The summed E-state index contributed by atoms with van der Waals surface area (Å²) in [5.74, 6) is 1.10. The van der Waals surface area contributed by atoms with Crippen LogP contribution in [0.1, 0.15) is 33.3 Å². The molecule has 1 atom stereocenters. The van der Waals surface area contributed by atoms with E-state index in [9.17, 15) is 0 Å². The fourth-order valence-electron chi connectivity index (χ4n) is 2.16. The fraction of sp³-hybridized carbons (Fsp3) is 0.643. The molecule has 0 unspecified atom stereocenters. The van der Waals surface area contributed by atoms with Crippen molar-refractivity contribution in [1.82, 2.24) is 10.3 Å². The number of nitrogens with zero attached hydrogens (tertiary/aromatic N) is 2. The Morgan fingerprint density at radius 3 is 2.65 bits per heavy atom. The van der Waals surface area contributed by atoms with Crippen molar-refractivity contribution >= 4 is 5.82 Å². The maximum atomic E-state index is 4.60. The average Bonchev–Trinajstić information content (AvgIpc) is 2.28. The third kappa shape index (κ3) is 2.97. The maximum absolute atomic E-state index is 4.60. The summed E-state index contributed by atoms with van der Waals surface area (Å²) in [6, 6.07) is 4.90. The number of nitrogens with one attached hydrogen (secondary N) is 1. The number of pyridine rings is 1. The molecule has 1 aliphatic heterocycles. The molecule has 1 aliphatic rings. The largest absolute Gasteiger partial charge is 0.354 e. The summed E-state index contributed by atoms with van der Waals surface area (Å²) in [7, 11) is 0. The van der Waals surface area contributed by atoms with Gasteiger partial charge >= 0.3 is 0 Å². The molecule has 0 aromatic carbocycles. The minimum Gasteiger partial charge on any atom is -0.354 e. The van der Waals surface area contributed by atoms with Crippen molar-refractivity contribution in [2.24, 2.45) is 0 Å². The molecule has 0 aliphatic carbocycles. The monoisotopic (exact) mass is 233 g/mol. The van der Waals surface area contributed by atoms with Gasteiger partial charge in [-0.25, -0.2) is 4.98 Å². The lowest BCUT2D eigenvalue weighted by molar-refractivity contribution is 0.482. The first kappa shape index (κ1) is 12.4. The van der Waals surface area contributed by atoms with Crippen LogP contribution in [0.5, 0.6) is 0 Å². The molecule has 94 valence electrons. The standard InChI is InChI=1S/C14H23N3/c1-11-10-17(8-7-15-11)13-6-5-12(9-16-13)14(2,3)4/h5-6,9,11,15H,7-8,10H2,1-4H3/t11-/m1/s1. The lowest BCUT2D eigenvalue weighted by atomic mass is 9.88. The zero-order chi connectivity index (χ0) is 12.5. The highest BCUT2D eigenvalue weighted by Crippen LogP contribution is 2.23. The molecule has 2 rings (SSSR count). The average molecular weight is 233 g/mol. The Kier molecular flexibility index (Phi) is 3.38. The molecule has 1 aromatic rings. The topological polar surface area (TPSA) is 28.2 Å². The molecule has 1 saturated heterocycles. The van der Waals surface area contributed by atoms with E-state index in [-0.39, 0.29) is 5.41 Å². The number of hydrogen-bond acceptors (Lipinski definition) is 3. The molecule has 2 heterocycles. The zero-order valence-corrected chi connectivity index (χ0v) is 11.3. The second-order valence-corrected chi connectivity index (χ2v) is 5.96. The molecular formula is C14H23N3. The van der Waals surface area contributed by atoms with Gasteiger partial charge < -0.3 is 10.2 Å². The smallest absolute Gasteiger partial charge is 0.128 e. The normalized spacial score (nSPS) is 21.6. The van der Waals surface area contributed by atoms with Gasteiger partial charge in [-0.1, -0.05) is 26.8 Å². The minimum absolute atomic E-state index is 0.183. The number of anilines is 1. The van der Waals surface area contributed by atoms with Gasteiger partial charge in [0.05, 0.1) is 0 Å². The van der Waals surface area contributed by atoms with Crippen LogP contribution in [0, 0.1) is 0 Å². The van der Waals surface area contributed by atoms with Gasteiger partial charge in [-0.15, -0.1) is 0 Å². The Labute approximate surface area is 104 Å². The van der Waals surface area contributed by atoms with Crippen LogP contribution in [0.3, 0.4) is 0 Å². The van der Waals surface area contributed by atoms with E-state index in [1.807, 2.05) is 6.20 Å². The first-order valence-electron chi connectivity index (χ1n) is 6.42. The second-order valence-electron chi connectivity index (χ2n) is 5.96. The molecule has 3 nitrogen and oxygen atoms in total. The molecule has 0 radical (unpaired) electrons. The van der Waals surface area contributed by atoms with E-state index < -0.39 is 0 Å². The molecular weight excluding hydrogens is 210 g/mol. The first-order chi connectivity index (χ1) is 7.97. The van der Waals surface area contributed by atoms with Crippen molar-refractivity contribution in [3.63, 3.8) is 0 Å². The van der Waals surface area contributed by atoms with Crippen molar-refractivity contribution in [3.05, 3.63) is 23.9 Å². The number of rotatable bonds is 1. The van der Waals surface area contributed by atoms with Crippen LogP contribution in [0.25, 0.3) is 0 Å². The van der Waals surface area contributed by atoms with E-state index >= 15 is 0 Å². The highest BCUT2D eigenvalue weighted by Gasteiger charge is 2.18. The van der Waals surface area contributed by atoms with Crippen molar-refractivity contribution in [2.45, 2.75) is 39.2 Å². The molecule has 0 amide bonds. The van der Waals surface area contributed by atoms with Crippen LogP contribution in [0.15, 0.2) is 18.3 Å². The van der Waals surface area contributed by atoms with Crippen molar-refractivity contribution in [1.29, 1.82) is 0 Å². The van der Waals surface area contributed by atoms with Crippen LogP contribution in [-0.4, -0.2) is 30.7 Å². The summed E-state index contributed by atoms with van der Waals surface area (Å²) in [4.78, 5) is 6.96. The van der Waals surface area contributed by atoms with Gasteiger partial charge in [0.15, 0.2) is 0 Å². The highest BCUT2D eigenvalue weighted by molar-refractivity contribution is 5.41. The Hall–Kier alpha value is -1.09. The second kappa shape index (κ2) is 4.65. The van der Waals surface area contributed by atoms with E-state index in [1.54, 1.807) is 0 Å². The van der Waals surface area contributed by atoms with Crippen molar-refractivity contribution in [2.75, 3.05) is 24.5 Å². The van der Waals surface area contributed by atoms with Gasteiger partial charge in [-0.2, -0.15) is 0 Å². The quantitative estimate of drug-likeness (QED) is 0.806. The summed E-state index contributed by atoms with van der Waals surface area (Å²) in [5, 5.41) is 3.45. The lowest BCUT2D eigenvalue weighted by Gasteiger charge is -2.33. The summed E-state index contributed by atoms with van der Waals surface area (Å²) >= 11 is 0. The van der Waals surface area contributed by atoms with Gasteiger partial charge in [0.25, 0.3) is 0 Å². The van der Waals surface area contributed by atoms with E-state index in [0.717, 1.165) is 25.5 Å². The van der Waals surface area contributed by atoms with Crippen LogP contribution < -0.4 is 10.2 Å². The van der Waals surface area contributed by atoms with E-state index in [0.29, 0.717) is 6.04 Å². The van der Waals surface area contributed by atoms with E-state index in [4.69, 9.17) is 0 Å². The minimum atomic E-state index is 0.183. The van der Waals surface area contributed by atoms with Gasteiger partial charge in [0, 0.05) is 31.9 Å². The molecule has 3 heteroatoms. The molecule has 0 saturated carbocycles. The first-order valence-corrected chi connectivity index (χ1v) is 6.42. The summed E-state index contributed by atoms with van der Waals surface area (Å²) < 4.78 is 0. The maximum Gasteiger partial charge on any atom is 0.128 e. The van der Waals surface area contributed by atoms with E-state index in [1.165, 1.54) is 5.56 Å². The SMILES string of the molecule is C[C@@H]1CN(c2ccc(C(C)(C)C)cn2)CCN1. The summed E-state index contributed by atoms with van der Waals surface area (Å²) in [5.41, 5.74) is 1.48. The fourth-order valence-corrected chi connectivity index (χ4v) is 2.16. The molecule has 0 spiro atoms. The Bertz CT molecular complexity index is 364. The van der Waals surface area contributed by atoms with Crippen molar-refractivity contribution in [3.8, 4) is 0 Å². The van der Waals surface area contributed by atoms with Crippen LogP contribution in [0.4, 0.5) is 5.82 Å². The van der Waals surface area contributed by atoms with Gasteiger partial charge in [0.2, 0.25) is 0 Å². The van der Waals surface area contributed by atoms with Crippen molar-refractivity contribution < 1.29 is 0 Å². The zero-order valence-electron chi connectivity index (χ0n) is 11.3. The van der Waals surface area contributed by atoms with E-state index in [2.05, 4.69) is 55.0 Å². The summed E-state index contributed by atoms with van der Waals surface area (Å²) in [6.07, 6.45) is 2.02. The predicted octanol–water partition coefficient (Wildman–Crippen LogP) is 2.18. The molecule has 1 aromatic heterocycles. The van der Waals surface area contributed by atoms with Crippen LogP contribution >= 0.6 is 0 Å². The Morgan fingerprint density at radius 2 is 2.12 bits per heavy atom. The lowest BCUT2D eigenvalue weighted by Crippen LogP contribution is -2.49. The number of piperazine rings is 1. The third-order valence-corrected chi connectivity index (χ3v) is 3.31. The molecule has 1 N–H and O–H groups in total. The molecule has 1 fully saturated rings. The number of aromatic nitrogens is 1. The third-order valence-electron chi connectivity index (χ3n) is 3.31. The Balaban J connectivity index is 2.12. The molecule has 17 heavy (non-hydrogen) atoms. The molecule has 0 bridgehead atoms.